The van der Waals surface area contributed by atoms with Crippen LogP contribution in [0.25, 0.3) is 10.9 Å². The van der Waals surface area contributed by atoms with Crippen LogP contribution in [0.1, 0.15) is 12.5 Å². The number of nitrogens with zero attached hydrogens (tertiary/aromatic N) is 2. The number of aliphatic imine (C=N–C) groups is 1. The molecular formula is C12H13N3S. The van der Waals surface area contributed by atoms with Gasteiger partial charge < -0.3 is 0 Å². The first-order valence-electron chi connectivity index (χ1n) is 5.43. The highest BCUT2D eigenvalue weighted by atomic mass is 32.2. The first-order valence-corrected chi connectivity index (χ1v) is 6.42. The molecule has 1 unspecified atom stereocenters. The van der Waals surface area contributed by atoms with Crippen LogP contribution in [-0.2, 0) is 6.42 Å². The van der Waals surface area contributed by atoms with Crippen molar-refractivity contribution in [3.63, 3.8) is 0 Å². The zero-order chi connectivity index (χ0) is 11.0. The quantitative estimate of drug-likeness (QED) is 0.863. The molecule has 0 saturated heterocycles. The summed E-state index contributed by atoms with van der Waals surface area (Å²) >= 11 is 1.88. The lowest BCUT2D eigenvalue weighted by Gasteiger charge is -2.01. The first kappa shape index (κ1) is 9.90. The minimum absolute atomic E-state index is 0.476. The number of aromatic amines is 1. The molecule has 2 heterocycles. The van der Waals surface area contributed by atoms with E-state index in [1.807, 2.05) is 18.0 Å². The van der Waals surface area contributed by atoms with Gasteiger partial charge in [0.15, 0.2) is 0 Å². The fraction of sp³-hybridized carbons (Fsp3) is 0.333. The number of thioether (sulfide) groups is 1. The highest BCUT2D eigenvalue weighted by Crippen LogP contribution is 2.24. The van der Waals surface area contributed by atoms with Crippen LogP contribution in [0, 0.1) is 0 Å². The molecule has 4 heteroatoms. The summed E-state index contributed by atoms with van der Waals surface area (Å²) in [6, 6.07) is 6.75. The minimum Gasteiger partial charge on any atom is -0.279 e. The highest BCUT2D eigenvalue weighted by molar-refractivity contribution is 8.14. The number of nitrogens with one attached hydrogen (secondary N) is 1. The molecule has 0 saturated carbocycles. The van der Waals surface area contributed by atoms with Crippen LogP contribution in [0.4, 0.5) is 0 Å². The summed E-state index contributed by atoms with van der Waals surface area (Å²) in [5, 5.41) is 9.54. The highest BCUT2D eigenvalue weighted by Gasteiger charge is 2.15. The molecule has 1 aliphatic heterocycles. The normalized spacial score (nSPS) is 20.3. The van der Waals surface area contributed by atoms with Crippen molar-refractivity contribution < 1.29 is 0 Å². The third-order valence-electron chi connectivity index (χ3n) is 2.77. The largest absolute Gasteiger partial charge is 0.279 e. The maximum atomic E-state index is 4.62. The second kappa shape index (κ2) is 3.94. The molecule has 1 N–H and O–H groups in total. The molecule has 1 aliphatic rings. The maximum absolute atomic E-state index is 4.62. The third kappa shape index (κ3) is 1.73. The molecule has 16 heavy (non-hydrogen) atoms. The molecule has 0 radical (unpaired) electrons. The fourth-order valence-electron chi connectivity index (χ4n) is 1.98. The van der Waals surface area contributed by atoms with Gasteiger partial charge in [0.1, 0.15) is 0 Å². The molecule has 1 aromatic heterocycles. The predicted octanol–water partition coefficient (Wildman–Crippen LogP) is 2.64. The zero-order valence-electron chi connectivity index (χ0n) is 9.10. The Morgan fingerprint density at radius 1 is 1.50 bits per heavy atom. The van der Waals surface area contributed by atoms with Crippen LogP contribution >= 0.6 is 11.8 Å². The van der Waals surface area contributed by atoms with Gasteiger partial charge >= 0.3 is 0 Å². The van der Waals surface area contributed by atoms with Crippen LogP contribution in [-0.4, -0.2) is 27.0 Å². The Morgan fingerprint density at radius 3 is 3.25 bits per heavy atom. The van der Waals surface area contributed by atoms with Crippen molar-refractivity contribution in [2.45, 2.75) is 19.4 Å². The monoisotopic (exact) mass is 231 g/mol. The minimum atomic E-state index is 0.476. The lowest BCUT2D eigenvalue weighted by atomic mass is 10.1. The summed E-state index contributed by atoms with van der Waals surface area (Å²) in [6.07, 6.45) is 2.83. The molecule has 1 atom stereocenters. The van der Waals surface area contributed by atoms with Crippen LogP contribution in [0.2, 0.25) is 0 Å². The summed E-state index contributed by atoms with van der Waals surface area (Å²) in [5.74, 6) is 1.12. The van der Waals surface area contributed by atoms with Crippen LogP contribution in [0.15, 0.2) is 29.4 Å². The molecule has 0 bridgehead atoms. The van der Waals surface area contributed by atoms with Crippen molar-refractivity contribution >= 4 is 27.7 Å². The SMILES string of the molecule is CC1CSC(Cc2cccc3[nH]ncc23)=N1. The summed E-state index contributed by atoms with van der Waals surface area (Å²) in [6.45, 7) is 2.17. The molecule has 3 rings (SSSR count). The Kier molecular flexibility index (Phi) is 2.44. The second-order valence-corrected chi connectivity index (χ2v) is 5.20. The van der Waals surface area contributed by atoms with Gasteiger partial charge in [-0.1, -0.05) is 12.1 Å². The van der Waals surface area contributed by atoms with Crippen molar-refractivity contribution in [2.24, 2.45) is 4.99 Å². The lowest BCUT2D eigenvalue weighted by molar-refractivity contribution is 0.863. The Labute approximate surface area is 98.3 Å². The van der Waals surface area contributed by atoms with E-state index in [2.05, 4.69) is 40.3 Å². The standard InChI is InChI=1S/C12H13N3S/c1-8-7-16-12(14-8)5-9-3-2-4-11-10(9)6-13-15-11/h2-4,6,8H,5,7H2,1H3,(H,13,15). The van der Waals surface area contributed by atoms with E-state index in [-0.39, 0.29) is 0 Å². The van der Waals surface area contributed by atoms with Crippen molar-refractivity contribution in [1.82, 2.24) is 10.2 Å². The van der Waals surface area contributed by atoms with E-state index in [1.165, 1.54) is 16.0 Å². The Morgan fingerprint density at radius 2 is 2.44 bits per heavy atom. The third-order valence-corrected chi connectivity index (χ3v) is 4.00. The number of hydrogen-bond acceptors (Lipinski definition) is 3. The van der Waals surface area contributed by atoms with Crippen LogP contribution in [0.5, 0.6) is 0 Å². The molecule has 82 valence electrons. The fourth-order valence-corrected chi connectivity index (χ4v) is 3.00. The lowest BCUT2D eigenvalue weighted by Crippen LogP contribution is -1.96. The topological polar surface area (TPSA) is 41.0 Å². The number of aromatic nitrogens is 2. The van der Waals surface area contributed by atoms with Gasteiger partial charge in [0.25, 0.3) is 0 Å². The molecule has 0 aliphatic carbocycles. The molecule has 0 amide bonds. The van der Waals surface area contributed by atoms with E-state index in [9.17, 15) is 0 Å². The maximum Gasteiger partial charge on any atom is 0.0724 e. The Hall–Kier alpha value is -1.29. The van der Waals surface area contributed by atoms with Gasteiger partial charge in [0.05, 0.1) is 22.8 Å². The van der Waals surface area contributed by atoms with E-state index in [4.69, 9.17) is 0 Å². The molecular weight excluding hydrogens is 218 g/mol. The van der Waals surface area contributed by atoms with Gasteiger partial charge in [0, 0.05) is 17.6 Å². The molecule has 2 aromatic rings. The summed E-state index contributed by atoms with van der Waals surface area (Å²) in [5.41, 5.74) is 2.42. The molecule has 1 aromatic carbocycles. The Balaban J connectivity index is 1.94. The van der Waals surface area contributed by atoms with Gasteiger partial charge in [-0.05, 0) is 18.6 Å². The van der Waals surface area contributed by atoms with Crippen molar-refractivity contribution in [2.75, 3.05) is 5.75 Å². The van der Waals surface area contributed by atoms with E-state index in [0.717, 1.165) is 17.7 Å². The average molecular weight is 231 g/mol. The van der Waals surface area contributed by atoms with E-state index in [1.54, 1.807) is 0 Å². The van der Waals surface area contributed by atoms with E-state index >= 15 is 0 Å². The molecule has 0 spiro atoms. The van der Waals surface area contributed by atoms with Gasteiger partial charge in [-0.25, -0.2) is 0 Å². The molecule has 3 nitrogen and oxygen atoms in total. The van der Waals surface area contributed by atoms with Gasteiger partial charge in [0.2, 0.25) is 0 Å². The summed E-state index contributed by atoms with van der Waals surface area (Å²) < 4.78 is 0. The summed E-state index contributed by atoms with van der Waals surface area (Å²) in [4.78, 5) is 4.62. The van der Waals surface area contributed by atoms with Crippen LogP contribution in [0.3, 0.4) is 0 Å². The number of hydrogen-bond donors (Lipinski definition) is 1. The van der Waals surface area contributed by atoms with Crippen molar-refractivity contribution in [1.29, 1.82) is 0 Å². The van der Waals surface area contributed by atoms with E-state index < -0.39 is 0 Å². The smallest absolute Gasteiger partial charge is 0.0724 e. The number of H-pyrrole nitrogens is 1. The number of rotatable bonds is 2. The average Bonchev–Trinajstić information content (AvgIpc) is 2.87. The molecule has 0 fully saturated rings. The first-order chi connectivity index (χ1) is 7.83. The van der Waals surface area contributed by atoms with Crippen molar-refractivity contribution in [3.05, 3.63) is 30.0 Å². The number of fused-ring (bicyclic) bond motifs is 1. The second-order valence-electron chi connectivity index (χ2n) is 4.11. The van der Waals surface area contributed by atoms with Gasteiger partial charge in [-0.3, -0.25) is 10.1 Å². The predicted molar refractivity (Wildman–Crippen MR) is 69.2 cm³/mol. The van der Waals surface area contributed by atoms with Gasteiger partial charge in [-0.15, -0.1) is 11.8 Å². The zero-order valence-corrected chi connectivity index (χ0v) is 9.92. The van der Waals surface area contributed by atoms with Gasteiger partial charge in [-0.2, -0.15) is 5.10 Å². The van der Waals surface area contributed by atoms with E-state index in [0.29, 0.717) is 6.04 Å². The van der Waals surface area contributed by atoms with Crippen molar-refractivity contribution in [3.8, 4) is 0 Å². The number of benzene rings is 1. The Bertz CT molecular complexity index is 544. The van der Waals surface area contributed by atoms with Crippen LogP contribution < -0.4 is 0 Å². The summed E-state index contributed by atoms with van der Waals surface area (Å²) in [7, 11) is 0.